The number of hydrogen-bond donors (Lipinski definition) is 2. The summed E-state index contributed by atoms with van der Waals surface area (Å²) >= 11 is 0. The standard InChI is InChI=1S/C24H23N3O8/c1-12-15(26-23(34-12)17-4-3-9-32-17)11-33-16-6-5-13(10-18(16)31-2)14-7-8-25-19(14)20(28)21-22(29)27-24(30)35-21/h3-6,9-10,14,19,21,25H,7-8,11H2,1-2H3,(H,27,29,30)/t14?,19?,21-/m1/s1. The first-order valence-electron chi connectivity index (χ1n) is 11.0. The maximum absolute atomic E-state index is 12.9. The molecule has 35 heavy (non-hydrogen) atoms. The molecule has 4 heterocycles. The number of imide groups is 1. The van der Waals surface area contributed by atoms with Crippen molar-refractivity contribution in [3.8, 4) is 23.1 Å². The van der Waals surface area contributed by atoms with Gasteiger partial charge in [-0.1, -0.05) is 6.07 Å². The summed E-state index contributed by atoms with van der Waals surface area (Å²) in [6.07, 6.45) is -0.146. The minimum atomic E-state index is -1.44. The number of Topliss-reactive ketones (excluding diaryl/α,β-unsaturated/α-hetero) is 1. The minimum Gasteiger partial charge on any atom is -0.493 e. The maximum atomic E-state index is 12.9. The van der Waals surface area contributed by atoms with Crippen LogP contribution in [0, 0.1) is 6.92 Å². The zero-order valence-electron chi connectivity index (χ0n) is 19.0. The smallest absolute Gasteiger partial charge is 0.415 e. The average molecular weight is 481 g/mol. The van der Waals surface area contributed by atoms with E-state index in [9.17, 15) is 14.4 Å². The Morgan fingerprint density at radius 3 is 2.80 bits per heavy atom. The van der Waals surface area contributed by atoms with Crippen molar-refractivity contribution in [1.29, 1.82) is 0 Å². The monoisotopic (exact) mass is 481 g/mol. The zero-order valence-corrected chi connectivity index (χ0v) is 19.0. The third-order valence-electron chi connectivity index (χ3n) is 6.08. The number of alkyl carbamates (subject to hydrolysis) is 1. The highest BCUT2D eigenvalue weighted by atomic mass is 16.6. The summed E-state index contributed by atoms with van der Waals surface area (Å²) in [5.74, 6) is 1.04. The van der Waals surface area contributed by atoms with Crippen LogP contribution in [-0.4, -0.2) is 48.6 Å². The average Bonchev–Trinajstić information content (AvgIpc) is 3.64. The van der Waals surface area contributed by atoms with E-state index in [0.717, 1.165) is 5.56 Å². The minimum absolute atomic E-state index is 0.153. The lowest BCUT2D eigenvalue weighted by Gasteiger charge is -2.21. The molecule has 2 fully saturated rings. The molecule has 3 aromatic rings. The number of furan rings is 1. The van der Waals surface area contributed by atoms with Gasteiger partial charge in [-0.2, -0.15) is 0 Å². The van der Waals surface area contributed by atoms with Crippen molar-refractivity contribution < 1.29 is 37.4 Å². The second-order valence-corrected chi connectivity index (χ2v) is 8.20. The number of ether oxygens (including phenoxy) is 3. The molecule has 2 aliphatic rings. The molecule has 2 N–H and O–H groups in total. The molecular formula is C24H23N3O8. The lowest BCUT2D eigenvalue weighted by molar-refractivity contribution is -0.136. The lowest BCUT2D eigenvalue weighted by Crippen LogP contribution is -2.44. The van der Waals surface area contributed by atoms with E-state index in [1.54, 1.807) is 37.5 Å². The molecular weight excluding hydrogens is 458 g/mol. The van der Waals surface area contributed by atoms with Gasteiger partial charge in [-0.05, 0) is 49.7 Å². The van der Waals surface area contributed by atoms with Gasteiger partial charge in [0.25, 0.3) is 11.8 Å². The fraction of sp³-hybridized carbons (Fsp3) is 0.333. The Hall–Kier alpha value is -4.12. The van der Waals surface area contributed by atoms with Gasteiger partial charge in [0, 0.05) is 5.92 Å². The molecule has 0 aliphatic carbocycles. The van der Waals surface area contributed by atoms with Gasteiger partial charge in [0.2, 0.25) is 11.9 Å². The van der Waals surface area contributed by atoms with Crippen LogP contribution in [0.3, 0.4) is 0 Å². The summed E-state index contributed by atoms with van der Waals surface area (Å²) in [6, 6.07) is 8.25. The Kier molecular flexibility index (Phi) is 6.00. The Labute approximate surface area is 199 Å². The number of hydrogen-bond acceptors (Lipinski definition) is 10. The van der Waals surface area contributed by atoms with Crippen molar-refractivity contribution in [3.63, 3.8) is 0 Å². The third-order valence-corrected chi connectivity index (χ3v) is 6.08. The molecule has 2 amide bonds. The maximum Gasteiger partial charge on any atom is 0.415 e. The largest absolute Gasteiger partial charge is 0.493 e. The number of nitrogens with one attached hydrogen (secondary N) is 2. The lowest BCUT2D eigenvalue weighted by atomic mass is 9.88. The molecule has 0 radical (unpaired) electrons. The number of carbonyl (C=O) groups is 3. The molecule has 11 nitrogen and oxygen atoms in total. The molecule has 2 unspecified atom stereocenters. The van der Waals surface area contributed by atoms with Gasteiger partial charge in [-0.3, -0.25) is 14.9 Å². The summed E-state index contributed by atoms with van der Waals surface area (Å²) in [5.41, 5.74) is 1.46. The predicted octanol–water partition coefficient (Wildman–Crippen LogP) is 2.48. The van der Waals surface area contributed by atoms with E-state index in [-0.39, 0.29) is 12.5 Å². The number of cyclic esters (lactones) is 1. The normalized spacial score (nSPS) is 21.6. The van der Waals surface area contributed by atoms with Gasteiger partial charge < -0.3 is 28.4 Å². The Morgan fingerprint density at radius 2 is 2.09 bits per heavy atom. The first-order chi connectivity index (χ1) is 16.9. The number of oxazole rings is 1. The van der Waals surface area contributed by atoms with Gasteiger partial charge in [-0.25, -0.2) is 9.78 Å². The fourth-order valence-electron chi connectivity index (χ4n) is 4.32. The number of aryl methyl sites for hydroxylation is 1. The molecule has 3 atom stereocenters. The Bertz CT molecular complexity index is 1270. The van der Waals surface area contributed by atoms with Crippen molar-refractivity contribution in [1.82, 2.24) is 15.6 Å². The van der Waals surface area contributed by atoms with Gasteiger partial charge >= 0.3 is 6.09 Å². The molecule has 2 aromatic heterocycles. The van der Waals surface area contributed by atoms with Gasteiger partial charge in [0.15, 0.2) is 17.3 Å². The van der Waals surface area contributed by atoms with Crippen LogP contribution in [0.2, 0.25) is 0 Å². The van der Waals surface area contributed by atoms with Crippen LogP contribution in [0.4, 0.5) is 4.79 Å². The highest BCUT2D eigenvalue weighted by Crippen LogP contribution is 2.36. The Morgan fingerprint density at radius 1 is 1.23 bits per heavy atom. The van der Waals surface area contributed by atoms with E-state index in [0.29, 0.717) is 47.6 Å². The number of aromatic nitrogens is 1. The first kappa shape index (κ1) is 22.7. The number of carbonyl (C=O) groups excluding carboxylic acids is 3. The van der Waals surface area contributed by atoms with Crippen LogP contribution >= 0.6 is 0 Å². The highest BCUT2D eigenvalue weighted by Gasteiger charge is 2.45. The molecule has 2 saturated heterocycles. The van der Waals surface area contributed by atoms with Crippen molar-refractivity contribution >= 4 is 17.8 Å². The first-order valence-corrected chi connectivity index (χ1v) is 11.0. The second-order valence-electron chi connectivity index (χ2n) is 8.20. The molecule has 0 saturated carbocycles. The van der Waals surface area contributed by atoms with Crippen LogP contribution in [0.25, 0.3) is 11.7 Å². The molecule has 0 spiro atoms. The number of benzene rings is 1. The van der Waals surface area contributed by atoms with Crippen molar-refractivity contribution in [3.05, 3.63) is 53.6 Å². The number of nitrogens with zero attached hydrogens (tertiary/aromatic N) is 1. The Balaban J connectivity index is 1.31. The van der Waals surface area contributed by atoms with E-state index in [1.807, 2.05) is 11.4 Å². The molecule has 1 aromatic carbocycles. The highest BCUT2D eigenvalue weighted by molar-refractivity contribution is 6.15. The quantitative estimate of drug-likeness (QED) is 0.461. The number of amides is 2. The number of rotatable bonds is 8. The van der Waals surface area contributed by atoms with E-state index >= 15 is 0 Å². The summed E-state index contributed by atoms with van der Waals surface area (Å²) in [5, 5.41) is 5.11. The van der Waals surface area contributed by atoms with Crippen LogP contribution < -0.4 is 20.1 Å². The SMILES string of the molecule is COc1cc(C2CCNC2C(=O)[C@H]2OC(=O)NC2=O)ccc1OCc1nc(-c2ccco2)oc1C. The molecule has 0 bridgehead atoms. The van der Waals surface area contributed by atoms with Crippen molar-refractivity contribution in [2.45, 2.75) is 38.0 Å². The van der Waals surface area contributed by atoms with Crippen LogP contribution in [0.5, 0.6) is 11.5 Å². The number of ketones is 1. The second kappa shape index (κ2) is 9.26. The van der Waals surface area contributed by atoms with E-state index in [2.05, 4.69) is 10.3 Å². The fourth-order valence-corrected chi connectivity index (χ4v) is 4.32. The summed E-state index contributed by atoms with van der Waals surface area (Å²) in [6.45, 7) is 2.53. The number of methoxy groups -OCH3 is 1. The van der Waals surface area contributed by atoms with Gasteiger partial charge in [0.1, 0.15) is 18.1 Å². The molecule has 5 rings (SSSR count). The van der Waals surface area contributed by atoms with E-state index in [1.165, 1.54) is 7.11 Å². The molecule has 2 aliphatic heterocycles. The van der Waals surface area contributed by atoms with E-state index in [4.69, 9.17) is 23.0 Å². The summed E-state index contributed by atoms with van der Waals surface area (Å²) in [7, 11) is 1.53. The summed E-state index contributed by atoms with van der Waals surface area (Å²) in [4.78, 5) is 40.6. The summed E-state index contributed by atoms with van der Waals surface area (Å²) < 4.78 is 27.3. The van der Waals surface area contributed by atoms with E-state index < -0.39 is 29.9 Å². The predicted molar refractivity (Wildman–Crippen MR) is 119 cm³/mol. The van der Waals surface area contributed by atoms with Crippen molar-refractivity contribution in [2.24, 2.45) is 0 Å². The van der Waals surface area contributed by atoms with Gasteiger partial charge in [-0.15, -0.1) is 0 Å². The van der Waals surface area contributed by atoms with Crippen LogP contribution in [0.15, 0.2) is 45.4 Å². The topological polar surface area (TPSA) is 142 Å². The third kappa shape index (κ3) is 4.37. The molecule has 11 heteroatoms. The van der Waals surface area contributed by atoms with Crippen LogP contribution in [0.1, 0.15) is 29.4 Å². The molecule has 182 valence electrons. The van der Waals surface area contributed by atoms with Crippen molar-refractivity contribution in [2.75, 3.05) is 13.7 Å². The van der Waals surface area contributed by atoms with Gasteiger partial charge in [0.05, 0.1) is 19.4 Å². The van der Waals surface area contributed by atoms with Crippen LogP contribution in [-0.2, 0) is 20.9 Å². The zero-order chi connectivity index (χ0) is 24.5.